The van der Waals surface area contributed by atoms with Gasteiger partial charge < -0.3 is 15.5 Å². The number of nitrogens with zero attached hydrogens (tertiary/aromatic N) is 2. The normalized spacial score (nSPS) is 17.7. The summed E-state index contributed by atoms with van der Waals surface area (Å²) in [6.07, 6.45) is 1.44. The van der Waals surface area contributed by atoms with Crippen LogP contribution in [0.15, 0.2) is 27.7 Å². The first kappa shape index (κ1) is 20.7. The average molecular weight is 427 g/mol. The van der Waals surface area contributed by atoms with Crippen molar-refractivity contribution in [1.82, 2.24) is 15.5 Å². The van der Waals surface area contributed by atoms with Crippen molar-refractivity contribution < 1.29 is 9.18 Å². The summed E-state index contributed by atoms with van der Waals surface area (Å²) in [5.41, 5.74) is 0.647. The number of carbonyl (C=O) groups excluding carboxylic acids is 1. The zero-order valence-corrected chi connectivity index (χ0v) is 17.3. The number of hydrogen-bond donors (Lipinski definition) is 2. The van der Waals surface area contributed by atoms with Gasteiger partial charge in [0.25, 0.3) is 0 Å². The molecule has 1 aromatic carbocycles. The molecule has 26 heavy (non-hydrogen) atoms. The smallest absolute Gasteiger partial charge is 0.225 e. The minimum atomic E-state index is -0.208. The molecule has 5 nitrogen and oxygen atoms in total. The number of guanidine groups is 1. The van der Waals surface area contributed by atoms with E-state index in [9.17, 15) is 9.18 Å². The van der Waals surface area contributed by atoms with Crippen LogP contribution >= 0.6 is 15.9 Å². The van der Waals surface area contributed by atoms with Gasteiger partial charge in [-0.25, -0.2) is 4.39 Å². The van der Waals surface area contributed by atoms with E-state index in [-0.39, 0.29) is 23.7 Å². The van der Waals surface area contributed by atoms with Crippen LogP contribution < -0.4 is 10.6 Å². The van der Waals surface area contributed by atoms with Crippen LogP contribution in [0.2, 0.25) is 0 Å². The van der Waals surface area contributed by atoms with Gasteiger partial charge in [0.05, 0.1) is 0 Å². The molecule has 0 spiro atoms. The molecular formula is C19H28BrFN4O. The van der Waals surface area contributed by atoms with Crippen molar-refractivity contribution >= 4 is 27.8 Å². The number of aliphatic imine (C=N–C) groups is 1. The molecule has 1 aliphatic rings. The fourth-order valence-corrected chi connectivity index (χ4v) is 3.39. The van der Waals surface area contributed by atoms with Gasteiger partial charge in [-0.1, -0.05) is 29.8 Å². The van der Waals surface area contributed by atoms with Crippen molar-refractivity contribution in [3.63, 3.8) is 0 Å². The highest BCUT2D eigenvalue weighted by atomic mass is 79.9. The SMILES string of the molecule is CCNC(=NCCc1cc(Br)ccc1F)NC1CCN(C(=O)C(C)C)C1. The Labute approximate surface area is 163 Å². The maximum absolute atomic E-state index is 13.8. The van der Waals surface area contributed by atoms with E-state index in [2.05, 4.69) is 31.6 Å². The lowest BCUT2D eigenvalue weighted by atomic mass is 10.1. The van der Waals surface area contributed by atoms with Gasteiger partial charge in [0, 0.05) is 42.6 Å². The molecule has 1 aromatic rings. The minimum Gasteiger partial charge on any atom is -0.357 e. The van der Waals surface area contributed by atoms with Gasteiger partial charge in [-0.05, 0) is 43.5 Å². The Morgan fingerprint density at radius 1 is 1.46 bits per heavy atom. The summed E-state index contributed by atoms with van der Waals surface area (Å²) in [4.78, 5) is 18.6. The number of rotatable bonds is 6. The number of carbonyl (C=O) groups is 1. The Morgan fingerprint density at radius 2 is 2.23 bits per heavy atom. The molecule has 0 aromatic heterocycles. The van der Waals surface area contributed by atoms with E-state index in [0.717, 1.165) is 24.0 Å². The molecule has 7 heteroatoms. The van der Waals surface area contributed by atoms with Crippen LogP contribution in [0.4, 0.5) is 4.39 Å². The van der Waals surface area contributed by atoms with Gasteiger partial charge in [0.1, 0.15) is 5.82 Å². The molecule has 0 radical (unpaired) electrons. The molecule has 1 fully saturated rings. The van der Waals surface area contributed by atoms with Crippen LogP contribution in [-0.4, -0.2) is 49.0 Å². The first-order chi connectivity index (χ1) is 12.4. The highest BCUT2D eigenvalue weighted by molar-refractivity contribution is 9.10. The highest BCUT2D eigenvalue weighted by Gasteiger charge is 2.27. The third-order valence-corrected chi connectivity index (χ3v) is 4.83. The molecule has 1 heterocycles. The standard InChI is InChI=1S/C19H28BrFN4O/c1-4-22-19(23-9-7-14-11-15(20)5-6-17(14)21)24-16-8-10-25(12-16)18(26)13(2)3/h5-6,11,13,16H,4,7-10,12H2,1-3H3,(H2,22,23,24). The monoisotopic (exact) mass is 426 g/mol. The van der Waals surface area contributed by atoms with E-state index in [1.807, 2.05) is 25.7 Å². The first-order valence-corrected chi connectivity index (χ1v) is 9.97. The molecule has 1 aliphatic heterocycles. The van der Waals surface area contributed by atoms with Crippen molar-refractivity contribution in [2.45, 2.75) is 39.7 Å². The highest BCUT2D eigenvalue weighted by Crippen LogP contribution is 2.16. The molecule has 1 unspecified atom stereocenters. The van der Waals surface area contributed by atoms with Gasteiger partial charge in [0.15, 0.2) is 5.96 Å². The molecule has 2 N–H and O–H groups in total. The maximum atomic E-state index is 13.8. The van der Waals surface area contributed by atoms with E-state index in [1.165, 1.54) is 6.07 Å². The van der Waals surface area contributed by atoms with Gasteiger partial charge >= 0.3 is 0 Å². The van der Waals surface area contributed by atoms with Crippen LogP contribution in [0.1, 0.15) is 32.8 Å². The Morgan fingerprint density at radius 3 is 2.92 bits per heavy atom. The van der Waals surface area contributed by atoms with Crippen LogP contribution in [0.3, 0.4) is 0 Å². The molecule has 0 saturated carbocycles. The number of halogens is 2. The molecule has 0 aliphatic carbocycles. The predicted octanol–water partition coefficient (Wildman–Crippen LogP) is 2.94. The number of nitrogens with one attached hydrogen (secondary N) is 2. The third kappa shape index (κ3) is 5.97. The molecule has 2 rings (SSSR count). The van der Waals surface area contributed by atoms with Gasteiger partial charge in [-0.15, -0.1) is 0 Å². The molecule has 1 saturated heterocycles. The lowest BCUT2D eigenvalue weighted by Crippen LogP contribution is -2.45. The summed E-state index contributed by atoms with van der Waals surface area (Å²) >= 11 is 3.37. The van der Waals surface area contributed by atoms with Crippen LogP contribution in [0.5, 0.6) is 0 Å². The Balaban J connectivity index is 1.91. The van der Waals surface area contributed by atoms with Crippen molar-refractivity contribution in [2.75, 3.05) is 26.2 Å². The lowest BCUT2D eigenvalue weighted by molar-refractivity contribution is -0.133. The van der Waals surface area contributed by atoms with Crippen molar-refractivity contribution in [2.24, 2.45) is 10.9 Å². The summed E-state index contributed by atoms with van der Waals surface area (Å²) in [7, 11) is 0. The van der Waals surface area contributed by atoms with E-state index >= 15 is 0 Å². The molecule has 144 valence electrons. The largest absolute Gasteiger partial charge is 0.357 e. The summed E-state index contributed by atoms with van der Waals surface area (Å²) < 4.78 is 14.7. The fraction of sp³-hybridized carbons (Fsp3) is 0.579. The van der Waals surface area contributed by atoms with E-state index in [0.29, 0.717) is 31.0 Å². The number of likely N-dealkylation sites (tertiary alicyclic amines) is 1. The number of hydrogen-bond acceptors (Lipinski definition) is 2. The van der Waals surface area contributed by atoms with Gasteiger partial charge in [-0.2, -0.15) is 0 Å². The second-order valence-electron chi connectivity index (χ2n) is 6.82. The zero-order valence-electron chi connectivity index (χ0n) is 15.7. The molecule has 1 amide bonds. The Bertz CT molecular complexity index is 650. The predicted molar refractivity (Wildman–Crippen MR) is 107 cm³/mol. The topological polar surface area (TPSA) is 56.7 Å². The lowest BCUT2D eigenvalue weighted by Gasteiger charge is -2.20. The van der Waals surface area contributed by atoms with Crippen LogP contribution in [0.25, 0.3) is 0 Å². The third-order valence-electron chi connectivity index (χ3n) is 4.34. The summed E-state index contributed by atoms with van der Waals surface area (Å²) in [6.45, 7) is 8.57. The van der Waals surface area contributed by atoms with E-state index < -0.39 is 0 Å². The number of amides is 1. The van der Waals surface area contributed by atoms with Crippen LogP contribution in [0, 0.1) is 11.7 Å². The maximum Gasteiger partial charge on any atom is 0.225 e. The molecule has 1 atom stereocenters. The second kappa shape index (κ2) is 9.90. The van der Waals surface area contributed by atoms with E-state index in [4.69, 9.17) is 0 Å². The quantitative estimate of drug-likeness (QED) is 0.542. The van der Waals surface area contributed by atoms with Crippen molar-refractivity contribution in [3.8, 4) is 0 Å². The average Bonchev–Trinajstić information content (AvgIpc) is 3.05. The van der Waals surface area contributed by atoms with Crippen molar-refractivity contribution in [1.29, 1.82) is 0 Å². The summed E-state index contributed by atoms with van der Waals surface area (Å²) in [5, 5.41) is 6.62. The molecular weight excluding hydrogens is 399 g/mol. The van der Waals surface area contributed by atoms with E-state index in [1.54, 1.807) is 12.1 Å². The zero-order chi connectivity index (χ0) is 19.1. The molecule has 0 bridgehead atoms. The summed E-state index contributed by atoms with van der Waals surface area (Å²) in [6, 6.07) is 5.14. The Hall–Kier alpha value is -1.63. The number of benzene rings is 1. The summed E-state index contributed by atoms with van der Waals surface area (Å²) in [5.74, 6) is 0.726. The van der Waals surface area contributed by atoms with Crippen molar-refractivity contribution in [3.05, 3.63) is 34.1 Å². The van der Waals surface area contributed by atoms with Crippen LogP contribution in [-0.2, 0) is 11.2 Å². The minimum absolute atomic E-state index is 0.0238. The van der Waals surface area contributed by atoms with Gasteiger partial charge in [-0.3, -0.25) is 9.79 Å². The Kier molecular flexibility index (Phi) is 7.87. The second-order valence-corrected chi connectivity index (χ2v) is 7.73. The first-order valence-electron chi connectivity index (χ1n) is 9.18. The van der Waals surface area contributed by atoms with Gasteiger partial charge in [0.2, 0.25) is 5.91 Å². The fourth-order valence-electron chi connectivity index (χ4n) is 2.98.